The molecular formula is C12H21N3O3. The van der Waals surface area contributed by atoms with E-state index in [-0.39, 0.29) is 30.2 Å². The Hall–Kier alpha value is -1.40. The second-order valence-corrected chi connectivity index (χ2v) is 4.32. The molecule has 1 heterocycles. The number of oxazole rings is 1. The van der Waals surface area contributed by atoms with Crippen LogP contribution < -0.4 is 11.1 Å². The number of carbonyl (C=O) groups is 1. The Labute approximate surface area is 107 Å². The molecule has 4 N–H and O–H groups in total. The highest BCUT2D eigenvalue weighted by molar-refractivity contribution is 5.91. The molecule has 18 heavy (non-hydrogen) atoms. The van der Waals surface area contributed by atoms with Gasteiger partial charge in [0, 0.05) is 13.2 Å². The molecule has 1 aromatic rings. The molecule has 0 bridgehead atoms. The summed E-state index contributed by atoms with van der Waals surface area (Å²) >= 11 is 0. The molecule has 102 valence electrons. The molecule has 1 aromatic heterocycles. The fourth-order valence-corrected chi connectivity index (χ4v) is 1.41. The lowest BCUT2D eigenvalue weighted by Gasteiger charge is -2.13. The Kier molecular flexibility index (Phi) is 5.80. The predicted molar refractivity (Wildman–Crippen MR) is 66.9 cm³/mol. The first-order valence-corrected chi connectivity index (χ1v) is 6.20. The Morgan fingerprint density at radius 3 is 3.00 bits per heavy atom. The first-order valence-electron chi connectivity index (χ1n) is 6.20. The number of hydrogen-bond donors (Lipinski definition) is 3. The number of aliphatic hydroxyl groups is 1. The van der Waals surface area contributed by atoms with E-state index < -0.39 is 0 Å². The van der Waals surface area contributed by atoms with Crippen LogP contribution in [-0.4, -0.2) is 29.1 Å². The van der Waals surface area contributed by atoms with Gasteiger partial charge in [0.2, 0.25) is 5.89 Å². The Bertz CT molecular complexity index is 378. The molecule has 0 aliphatic heterocycles. The number of aliphatic hydroxyl groups excluding tert-OH is 1. The summed E-state index contributed by atoms with van der Waals surface area (Å²) in [5, 5.41) is 11.2. The highest BCUT2D eigenvalue weighted by atomic mass is 16.3. The summed E-state index contributed by atoms with van der Waals surface area (Å²) in [6.45, 7) is 4.50. The Morgan fingerprint density at radius 1 is 1.67 bits per heavy atom. The summed E-state index contributed by atoms with van der Waals surface area (Å²) in [5.41, 5.74) is 6.19. The number of carbonyl (C=O) groups excluding carboxylic acids is 1. The zero-order valence-electron chi connectivity index (χ0n) is 10.8. The highest BCUT2D eigenvalue weighted by Crippen LogP contribution is 2.20. The largest absolute Gasteiger partial charge is 0.446 e. The van der Waals surface area contributed by atoms with Crippen molar-refractivity contribution < 1.29 is 14.3 Å². The summed E-state index contributed by atoms with van der Waals surface area (Å²) in [5.74, 6) is 0.320. The van der Waals surface area contributed by atoms with Gasteiger partial charge in [-0.15, -0.1) is 0 Å². The van der Waals surface area contributed by atoms with E-state index in [9.17, 15) is 4.79 Å². The number of aromatic nitrogens is 1. The summed E-state index contributed by atoms with van der Waals surface area (Å²) in [6, 6.07) is -0.297. The average Bonchev–Trinajstić information content (AvgIpc) is 2.86. The first kappa shape index (κ1) is 14.7. The molecule has 1 amide bonds. The number of nitrogens with one attached hydrogen (secondary N) is 1. The van der Waals surface area contributed by atoms with Crippen molar-refractivity contribution in [3.8, 4) is 0 Å². The van der Waals surface area contributed by atoms with Crippen LogP contribution in [0.5, 0.6) is 0 Å². The van der Waals surface area contributed by atoms with Gasteiger partial charge in [-0.05, 0) is 12.3 Å². The summed E-state index contributed by atoms with van der Waals surface area (Å²) < 4.78 is 5.23. The SMILES string of the molecule is CCC(C)C(N)c1nc(C(=O)NCCCO)co1. The van der Waals surface area contributed by atoms with Crippen LogP contribution in [0, 0.1) is 5.92 Å². The van der Waals surface area contributed by atoms with E-state index in [0.717, 1.165) is 6.42 Å². The molecule has 0 aliphatic carbocycles. The molecule has 0 aliphatic rings. The quantitative estimate of drug-likeness (QED) is 0.626. The van der Waals surface area contributed by atoms with Crippen molar-refractivity contribution in [1.29, 1.82) is 0 Å². The number of rotatable bonds is 7. The van der Waals surface area contributed by atoms with E-state index in [2.05, 4.69) is 10.3 Å². The third-order valence-corrected chi connectivity index (χ3v) is 2.92. The first-order chi connectivity index (χ1) is 8.60. The minimum atomic E-state index is -0.310. The van der Waals surface area contributed by atoms with Gasteiger partial charge in [-0.25, -0.2) is 4.98 Å². The molecule has 2 atom stereocenters. The normalized spacial score (nSPS) is 14.2. The van der Waals surface area contributed by atoms with E-state index in [0.29, 0.717) is 18.9 Å². The standard InChI is InChI=1S/C12H21N3O3/c1-3-8(2)10(13)12-15-9(7-18-12)11(17)14-5-4-6-16/h7-8,10,16H,3-6,13H2,1-2H3,(H,14,17). The van der Waals surface area contributed by atoms with Gasteiger partial charge in [-0.1, -0.05) is 20.3 Å². The predicted octanol–water partition coefficient (Wildman–Crippen LogP) is 0.833. The molecule has 2 unspecified atom stereocenters. The highest BCUT2D eigenvalue weighted by Gasteiger charge is 2.20. The van der Waals surface area contributed by atoms with Crippen LogP contribution in [0.3, 0.4) is 0 Å². The van der Waals surface area contributed by atoms with Crippen LogP contribution in [0.2, 0.25) is 0 Å². The third-order valence-electron chi connectivity index (χ3n) is 2.92. The molecule has 1 rings (SSSR count). The van der Waals surface area contributed by atoms with Gasteiger partial charge in [0.05, 0.1) is 6.04 Å². The molecule has 0 fully saturated rings. The molecule has 0 radical (unpaired) electrons. The minimum Gasteiger partial charge on any atom is -0.446 e. The Morgan fingerprint density at radius 2 is 2.39 bits per heavy atom. The zero-order valence-corrected chi connectivity index (χ0v) is 10.8. The molecule has 0 aromatic carbocycles. The van der Waals surface area contributed by atoms with Gasteiger partial charge < -0.3 is 20.6 Å². The lowest BCUT2D eigenvalue weighted by Crippen LogP contribution is -2.25. The minimum absolute atomic E-state index is 0.0449. The number of hydrogen-bond acceptors (Lipinski definition) is 5. The van der Waals surface area contributed by atoms with E-state index in [1.807, 2.05) is 13.8 Å². The van der Waals surface area contributed by atoms with Crippen LogP contribution in [-0.2, 0) is 0 Å². The van der Waals surface area contributed by atoms with E-state index >= 15 is 0 Å². The molecule has 0 saturated carbocycles. The maximum absolute atomic E-state index is 11.6. The van der Waals surface area contributed by atoms with Gasteiger partial charge >= 0.3 is 0 Å². The fraction of sp³-hybridized carbons (Fsp3) is 0.667. The second kappa shape index (κ2) is 7.13. The third kappa shape index (κ3) is 3.82. The van der Waals surface area contributed by atoms with Crippen molar-refractivity contribution in [3.63, 3.8) is 0 Å². The van der Waals surface area contributed by atoms with E-state index in [1.165, 1.54) is 6.26 Å². The Balaban J connectivity index is 2.59. The second-order valence-electron chi connectivity index (χ2n) is 4.32. The van der Waals surface area contributed by atoms with Crippen LogP contribution in [0.25, 0.3) is 0 Å². The lowest BCUT2D eigenvalue weighted by molar-refractivity contribution is 0.0946. The van der Waals surface area contributed by atoms with Gasteiger partial charge in [0.15, 0.2) is 5.69 Å². The maximum Gasteiger partial charge on any atom is 0.273 e. The molecule has 6 heteroatoms. The van der Waals surface area contributed by atoms with Crippen molar-refractivity contribution in [2.75, 3.05) is 13.2 Å². The van der Waals surface area contributed by atoms with Crippen molar-refractivity contribution in [2.45, 2.75) is 32.7 Å². The lowest BCUT2D eigenvalue weighted by atomic mass is 10.0. The van der Waals surface area contributed by atoms with Crippen LogP contribution in [0.1, 0.15) is 49.1 Å². The molecule has 6 nitrogen and oxygen atoms in total. The molecule has 0 saturated heterocycles. The topological polar surface area (TPSA) is 101 Å². The summed E-state index contributed by atoms with van der Waals surface area (Å²) in [7, 11) is 0. The van der Waals surface area contributed by atoms with Gasteiger partial charge in [-0.3, -0.25) is 4.79 Å². The average molecular weight is 255 g/mol. The van der Waals surface area contributed by atoms with Crippen LogP contribution in [0.4, 0.5) is 0 Å². The van der Waals surface area contributed by atoms with Gasteiger partial charge in [0.25, 0.3) is 5.91 Å². The van der Waals surface area contributed by atoms with Crippen LogP contribution in [0.15, 0.2) is 10.7 Å². The van der Waals surface area contributed by atoms with E-state index in [1.54, 1.807) is 0 Å². The maximum atomic E-state index is 11.6. The number of nitrogens with zero attached hydrogens (tertiary/aromatic N) is 1. The van der Waals surface area contributed by atoms with Crippen molar-refractivity contribution in [2.24, 2.45) is 11.7 Å². The van der Waals surface area contributed by atoms with Gasteiger partial charge in [0.1, 0.15) is 6.26 Å². The van der Waals surface area contributed by atoms with E-state index in [4.69, 9.17) is 15.3 Å². The zero-order chi connectivity index (χ0) is 13.5. The number of amides is 1. The fourth-order valence-electron chi connectivity index (χ4n) is 1.41. The van der Waals surface area contributed by atoms with Crippen molar-refractivity contribution >= 4 is 5.91 Å². The van der Waals surface area contributed by atoms with Crippen molar-refractivity contribution in [1.82, 2.24) is 10.3 Å². The molecular weight excluding hydrogens is 234 g/mol. The smallest absolute Gasteiger partial charge is 0.273 e. The monoisotopic (exact) mass is 255 g/mol. The van der Waals surface area contributed by atoms with Crippen LogP contribution >= 0.6 is 0 Å². The summed E-state index contributed by atoms with van der Waals surface area (Å²) in [4.78, 5) is 15.7. The number of nitrogens with two attached hydrogens (primary N) is 1. The van der Waals surface area contributed by atoms with Gasteiger partial charge in [-0.2, -0.15) is 0 Å². The summed E-state index contributed by atoms with van der Waals surface area (Å²) in [6.07, 6.45) is 2.75. The van der Waals surface area contributed by atoms with Crippen molar-refractivity contribution in [3.05, 3.63) is 17.8 Å². The molecule has 0 spiro atoms.